The highest BCUT2D eigenvalue weighted by Crippen LogP contribution is 2.26. The summed E-state index contributed by atoms with van der Waals surface area (Å²) in [5.74, 6) is 0.0837. The monoisotopic (exact) mass is 249 g/mol. The zero-order chi connectivity index (χ0) is 13.1. The fourth-order valence-corrected chi connectivity index (χ4v) is 2.37. The zero-order valence-electron chi connectivity index (χ0n) is 10.7. The Labute approximate surface area is 107 Å². The van der Waals surface area contributed by atoms with E-state index < -0.39 is 0 Å². The number of benzene rings is 1. The van der Waals surface area contributed by atoms with Gasteiger partial charge in [-0.2, -0.15) is 0 Å². The van der Waals surface area contributed by atoms with Gasteiger partial charge in [0.2, 0.25) is 0 Å². The second kappa shape index (κ2) is 5.37. The molecule has 2 rings (SSSR count). The Kier molecular flexibility index (Phi) is 3.84. The second-order valence-electron chi connectivity index (χ2n) is 4.38. The molecule has 2 atom stereocenters. The molecular formula is C13H19N3O2. The highest BCUT2D eigenvalue weighted by molar-refractivity contribution is 6.00. The smallest absolute Gasteiger partial charge is 0.124 e. The lowest BCUT2D eigenvalue weighted by molar-refractivity contribution is -0.00461. The van der Waals surface area contributed by atoms with E-state index in [1.54, 1.807) is 14.2 Å². The molecule has 18 heavy (non-hydrogen) atoms. The lowest BCUT2D eigenvalue weighted by Gasteiger charge is -2.21. The van der Waals surface area contributed by atoms with E-state index in [2.05, 4.69) is 4.90 Å². The highest BCUT2D eigenvalue weighted by Gasteiger charge is 2.33. The van der Waals surface area contributed by atoms with Crippen LogP contribution in [0.1, 0.15) is 5.56 Å². The van der Waals surface area contributed by atoms with Gasteiger partial charge in [0, 0.05) is 38.6 Å². The standard InChI is InChI=1S/C13H19N3O2/c1-17-11-7-16(8-12(11)18-2)10-6-4-3-5-9(10)13(14)15/h3-6,11-12H,7-8H2,1-2H3,(H3,14,15). The Hall–Kier alpha value is -1.59. The summed E-state index contributed by atoms with van der Waals surface area (Å²) in [6.45, 7) is 1.50. The Morgan fingerprint density at radius 2 is 1.78 bits per heavy atom. The third-order valence-corrected chi connectivity index (χ3v) is 3.36. The third kappa shape index (κ3) is 2.32. The molecule has 3 N–H and O–H groups in total. The number of anilines is 1. The first-order valence-corrected chi connectivity index (χ1v) is 5.91. The van der Waals surface area contributed by atoms with Crippen molar-refractivity contribution in [2.45, 2.75) is 12.2 Å². The number of nitrogen functional groups attached to an aromatic ring is 1. The van der Waals surface area contributed by atoms with Crippen LogP contribution in [-0.2, 0) is 9.47 Å². The third-order valence-electron chi connectivity index (χ3n) is 3.36. The molecule has 1 aromatic carbocycles. The summed E-state index contributed by atoms with van der Waals surface area (Å²) in [5, 5.41) is 7.62. The summed E-state index contributed by atoms with van der Waals surface area (Å²) in [6.07, 6.45) is 0.102. The first-order valence-electron chi connectivity index (χ1n) is 5.91. The molecule has 0 aromatic heterocycles. The van der Waals surface area contributed by atoms with E-state index in [4.69, 9.17) is 20.6 Å². The van der Waals surface area contributed by atoms with E-state index in [1.807, 2.05) is 24.3 Å². The average molecular weight is 249 g/mol. The van der Waals surface area contributed by atoms with Crippen LogP contribution in [0.4, 0.5) is 5.69 Å². The summed E-state index contributed by atoms with van der Waals surface area (Å²) in [6, 6.07) is 7.67. The quantitative estimate of drug-likeness (QED) is 0.612. The molecule has 0 spiro atoms. The fourth-order valence-electron chi connectivity index (χ4n) is 2.37. The maximum atomic E-state index is 7.62. The number of ether oxygens (including phenoxy) is 2. The van der Waals surface area contributed by atoms with Gasteiger partial charge in [-0.15, -0.1) is 0 Å². The Bertz CT molecular complexity index is 424. The summed E-state index contributed by atoms with van der Waals surface area (Å²) >= 11 is 0. The number of hydrogen-bond acceptors (Lipinski definition) is 4. The molecule has 1 heterocycles. The van der Waals surface area contributed by atoms with Gasteiger partial charge in [0.05, 0.1) is 0 Å². The summed E-state index contributed by atoms with van der Waals surface area (Å²) < 4.78 is 10.8. The predicted octanol–water partition coefficient (Wildman–Crippen LogP) is 0.821. The van der Waals surface area contributed by atoms with Crippen molar-refractivity contribution in [3.8, 4) is 0 Å². The summed E-state index contributed by atoms with van der Waals surface area (Å²) in [7, 11) is 3.38. The van der Waals surface area contributed by atoms with Crippen LogP contribution in [0.5, 0.6) is 0 Å². The van der Waals surface area contributed by atoms with Crippen LogP contribution in [0, 0.1) is 5.41 Å². The van der Waals surface area contributed by atoms with E-state index >= 15 is 0 Å². The Morgan fingerprint density at radius 1 is 1.22 bits per heavy atom. The van der Waals surface area contributed by atoms with E-state index in [0.29, 0.717) is 0 Å². The normalized spacial score (nSPS) is 23.3. The maximum Gasteiger partial charge on any atom is 0.124 e. The number of amidine groups is 1. The molecule has 1 aromatic rings. The fraction of sp³-hybridized carbons (Fsp3) is 0.462. The molecule has 2 unspecified atom stereocenters. The molecule has 0 amide bonds. The van der Waals surface area contributed by atoms with Gasteiger partial charge in [-0.1, -0.05) is 12.1 Å². The van der Waals surface area contributed by atoms with E-state index in [-0.39, 0.29) is 18.0 Å². The molecule has 5 heteroatoms. The number of nitrogens with zero attached hydrogens (tertiary/aromatic N) is 1. The molecule has 0 radical (unpaired) electrons. The summed E-state index contributed by atoms with van der Waals surface area (Å²) in [5.41, 5.74) is 7.33. The molecular weight excluding hydrogens is 230 g/mol. The number of nitrogens with two attached hydrogens (primary N) is 1. The van der Waals surface area contributed by atoms with Crippen LogP contribution < -0.4 is 10.6 Å². The highest BCUT2D eigenvalue weighted by atomic mass is 16.5. The number of hydrogen-bond donors (Lipinski definition) is 2. The summed E-state index contributed by atoms with van der Waals surface area (Å²) in [4.78, 5) is 2.15. The van der Waals surface area contributed by atoms with Crippen molar-refractivity contribution in [2.75, 3.05) is 32.2 Å². The van der Waals surface area contributed by atoms with Gasteiger partial charge in [-0.25, -0.2) is 0 Å². The Balaban J connectivity index is 2.26. The molecule has 1 fully saturated rings. The molecule has 0 bridgehead atoms. The van der Waals surface area contributed by atoms with Gasteiger partial charge < -0.3 is 20.1 Å². The van der Waals surface area contributed by atoms with Crippen molar-refractivity contribution in [2.24, 2.45) is 5.73 Å². The van der Waals surface area contributed by atoms with Gasteiger partial charge in [0.25, 0.3) is 0 Å². The molecule has 1 aliphatic heterocycles. The second-order valence-corrected chi connectivity index (χ2v) is 4.38. The van der Waals surface area contributed by atoms with E-state index in [1.165, 1.54) is 0 Å². The predicted molar refractivity (Wildman–Crippen MR) is 71.3 cm³/mol. The van der Waals surface area contributed by atoms with Gasteiger partial charge in [0.1, 0.15) is 18.0 Å². The number of nitrogens with one attached hydrogen (secondary N) is 1. The van der Waals surface area contributed by atoms with Crippen LogP contribution in [0.2, 0.25) is 0 Å². The molecule has 0 saturated carbocycles. The molecule has 0 aliphatic carbocycles. The van der Waals surface area contributed by atoms with Crippen molar-refractivity contribution in [1.29, 1.82) is 5.41 Å². The van der Waals surface area contributed by atoms with Crippen LogP contribution in [-0.4, -0.2) is 45.4 Å². The topological polar surface area (TPSA) is 71.6 Å². The minimum atomic E-state index is 0.0509. The minimum Gasteiger partial charge on any atom is -0.384 e. The van der Waals surface area contributed by atoms with Crippen LogP contribution in [0.15, 0.2) is 24.3 Å². The van der Waals surface area contributed by atoms with Crippen molar-refractivity contribution in [3.05, 3.63) is 29.8 Å². The Morgan fingerprint density at radius 3 is 2.28 bits per heavy atom. The van der Waals surface area contributed by atoms with Crippen molar-refractivity contribution >= 4 is 11.5 Å². The van der Waals surface area contributed by atoms with Gasteiger partial charge >= 0.3 is 0 Å². The SMILES string of the molecule is COC1CN(c2ccccc2C(=N)N)CC1OC. The van der Waals surface area contributed by atoms with Crippen molar-refractivity contribution in [3.63, 3.8) is 0 Å². The van der Waals surface area contributed by atoms with Crippen LogP contribution in [0.25, 0.3) is 0 Å². The number of methoxy groups -OCH3 is 2. The minimum absolute atomic E-state index is 0.0509. The van der Waals surface area contributed by atoms with Crippen LogP contribution >= 0.6 is 0 Å². The van der Waals surface area contributed by atoms with Gasteiger partial charge in [-0.3, -0.25) is 5.41 Å². The first-order chi connectivity index (χ1) is 8.67. The van der Waals surface area contributed by atoms with Gasteiger partial charge in [-0.05, 0) is 12.1 Å². The molecule has 5 nitrogen and oxygen atoms in total. The maximum absolute atomic E-state index is 7.62. The lowest BCUT2D eigenvalue weighted by Crippen LogP contribution is -2.27. The van der Waals surface area contributed by atoms with Crippen LogP contribution in [0.3, 0.4) is 0 Å². The van der Waals surface area contributed by atoms with Crippen molar-refractivity contribution < 1.29 is 9.47 Å². The number of para-hydroxylation sites is 1. The van der Waals surface area contributed by atoms with E-state index in [0.717, 1.165) is 24.3 Å². The largest absolute Gasteiger partial charge is 0.384 e. The van der Waals surface area contributed by atoms with E-state index in [9.17, 15) is 0 Å². The average Bonchev–Trinajstić information content (AvgIpc) is 2.81. The first kappa shape index (κ1) is 12.9. The van der Waals surface area contributed by atoms with Crippen molar-refractivity contribution in [1.82, 2.24) is 0 Å². The zero-order valence-corrected chi connectivity index (χ0v) is 10.7. The lowest BCUT2D eigenvalue weighted by atomic mass is 10.1. The van der Waals surface area contributed by atoms with Gasteiger partial charge in [0.15, 0.2) is 0 Å². The molecule has 1 saturated heterocycles. The molecule has 98 valence electrons. The molecule has 1 aliphatic rings. The number of rotatable bonds is 4.